The molecule has 1 N–H and O–H groups in total. The summed E-state index contributed by atoms with van der Waals surface area (Å²) < 4.78 is 26.6. The van der Waals surface area contributed by atoms with Crippen molar-refractivity contribution in [2.75, 3.05) is 6.61 Å². The van der Waals surface area contributed by atoms with Crippen LogP contribution in [-0.4, -0.2) is 35.7 Å². The second-order valence-corrected chi connectivity index (χ2v) is 8.68. The van der Waals surface area contributed by atoms with Crippen LogP contribution in [0.2, 0.25) is 0 Å². The van der Waals surface area contributed by atoms with Crippen LogP contribution in [0.5, 0.6) is 0 Å². The maximum Gasteiger partial charge on any atom is 0.408 e. The van der Waals surface area contributed by atoms with E-state index in [4.69, 9.17) is 9.47 Å². The van der Waals surface area contributed by atoms with E-state index in [2.05, 4.69) is 5.32 Å². The van der Waals surface area contributed by atoms with Gasteiger partial charge in [0.15, 0.2) is 0 Å². The fourth-order valence-corrected chi connectivity index (χ4v) is 3.48. The van der Waals surface area contributed by atoms with Crippen molar-refractivity contribution in [1.29, 1.82) is 0 Å². The molecule has 0 aliphatic carbocycles. The number of halogens is 1. The molecule has 0 fully saturated rings. The molecule has 0 aliphatic heterocycles. The first-order valence-corrected chi connectivity index (χ1v) is 10.4. The molecule has 1 aromatic carbocycles. The highest BCUT2D eigenvalue weighted by Gasteiger charge is 2.56. The van der Waals surface area contributed by atoms with Gasteiger partial charge in [-0.3, -0.25) is 4.79 Å². The lowest BCUT2D eigenvalue weighted by atomic mass is 9.85. The van der Waals surface area contributed by atoms with Crippen LogP contribution in [0.1, 0.15) is 54.5 Å². The quantitative estimate of drug-likeness (QED) is 0.385. The molecule has 0 bridgehead atoms. The average molecular weight is 436 g/mol. The zero-order chi connectivity index (χ0) is 22.5. The van der Waals surface area contributed by atoms with Crippen LogP contribution in [0.4, 0.5) is 9.18 Å². The van der Waals surface area contributed by atoms with Gasteiger partial charge >= 0.3 is 12.1 Å². The molecule has 0 aliphatic rings. The summed E-state index contributed by atoms with van der Waals surface area (Å²) in [5.41, 5.74) is -2.93. The van der Waals surface area contributed by atoms with Crippen molar-refractivity contribution in [2.24, 2.45) is 0 Å². The van der Waals surface area contributed by atoms with Gasteiger partial charge in [0.05, 0.1) is 11.5 Å². The highest BCUT2D eigenvalue weighted by atomic mass is 32.1. The first kappa shape index (κ1) is 23.5. The molecule has 1 heterocycles. The van der Waals surface area contributed by atoms with Gasteiger partial charge in [-0.1, -0.05) is 35.9 Å². The maximum atomic E-state index is 16.5. The molecule has 1 aromatic heterocycles. The number of benzene rings is 1. The molecule has 2 atom stereocenters. The maximum absolute atomic E-state index is 16.5. The number of alkyl halides is 1. The zero-order valence-corrected chi connectivity index (χ0v) is 18.5. The fraction of sp³-hybridized carbons (Fsp3) is 0.409. The molecule has 0 saturated heterocycles. The van der Waals surface area contributed by atoms with Crippen LogP contribution in [0.25, 0.3) is 0 Å². The Morgan fingerprint density at radius 3 is 2.27 bits per heavy atom. The van der Waals surface area contributed by atoms with Crippen molar-refractivity contribution >= 4 is 29.2 Å². The Morgan fingerprint density at radius 1 is 1.13 bits per heavy atom. The molecule has 0 spiro atoms. The van der Waals surface area contributed by atoms with E-state index < -0.39 is 35.2 Å². The number of aryl methyl sites for hydroxylation is 1. The van der Waals surface area contributed by atoms with Crippen molar-refractivity contribution < 1.29 is 28.2 Å². The molecule has 0 saturated carbocycles. The van der Waals surface area contributed by atoms with Gasteiger partial charge in [-0.25, -0.2) is 14.0 Å². The number of nitrogens with one attached hydrogen (secondary N) is 1. The lowest BCUT2D eigenvalue weighted by molar-refractivity contribution is -0.155. The number of ketones is 1. The van der Waals surface area contributed by atoms with E-state index in [1.54, 1.807) is 56.5 Å². The number of alkyl carbamates (subject to hydrolysis) is 1. The van der Waals surface area contributed by atoms with E-state index >= 15 is 4.39 Å². The van der Waals surface area contributed by atoms with E-state index in [0.717, 1.165) is 16.9 Å². The van der Waals surface area contributed by atoms with E-state index in [9.17, 15) is 14.4 Å². The highest BCUT2D eigenvalue weighted by molar-refractivity contribution is 7.12. The number of carbonyl (C=O) groups excluding carboxylic acids is 3. The predicted octanol–water partition coefficient (Wildman–Crippen LogP) is 4.78. The fourth-order valence-electron chi connectivity index (χ4n) is 2.76. The van der Waals surface area contributed by atoms with Crippen molar-refractivity contribution in [3.05, 3.63) is 57.8 Å². The van der Waals surface area contributed by atoms with E-state index in [0.29, 0.717) is 0 Å². The normalized spacial score (nSPS) is 14.3. The number of hydrogen-bond donors (Lipinski definition) is 1. The Balaban J connectivity index is 2.58. The van der Waals surface area contributed by atoms with Gasteiger partial charge < -0.3 is 14.8 Å². The number of hydrogen-bond acceptors (Lipinski definition) is 6. The van der Waals surface area contributed by atoms with Gasteiger partial charge in [0, 0.05) is 0 Å². The second-order valence-electron chi connectivity index (χ2n) is 7.73. The van der Waals surface area contributed by atoms with Crippen LogP contribution in [0.15, 0.2) is 41.8 Å². The molecular formula is C22H26FNO5S. The molecule has 2 aromatic rings. The summed E-state index contributed by atoms with van der Waals surface area (Å²) in [6.45, 7) is 8.17. The van der Waals surface area contributed by atoms with Gasteiger partial charge in [-0.15, -0.1) is 11.3 Å². The number of thiophene rings is 1. The third kappa shape index (κ3) is 5.44. The topological polar surface area (TPSA) is 81.7 Å². The predicted molar refractivity (Wildman–Crippen MR) is 112 cm³/mol. The van der Waals surface area contributed by atoms with E-state index in [1.807, 2.05) is 6.92 Å². The molecule has 2 rings (SSSR count). The van der Waals surface area contributed by atoms with Gasteiger partial charge in [0.2, 0.25) is 5.78 Å². The molecule has 0 radical (unpaired) electrons. The van der Waals surface area contributed by atoms with Gasteiger partial charge in [0.1, 0.15) is 11.6 Å². The van der Waals surface area contributed by atoms with Crippen molar-refractivity contribution in [3.8, 4) is 0 Å². The minimum atomic E-state index is -3.19. The molecule has 6 nitrogen and oxygen atoms in total. The molecule has 30 heavy (non-hydrogen) atoms. The monoisotopic (exact) mass is 435 g/mol. The largest absolute Gasteiger partial charge is 0.463 e. The van der Waals surface area contributed by atoms with Crippen molar-refractivity contribution in [2.45, 2.75) is 51.9 Å². The number of Topliss-reactive ketones (excluding diaryl/α,β-unsaturated/α-hetero) is 1. The van der Waals surface area contributed by atoms with Crippen LogP contribution in [0, 0.1) is 6.92 Å². The molecule has 162 valence electrons. The Morgan fingerprint density at radius 2 is 1.77 bits per heavy atom. The smallest absolute Gasteiger partial charge is 0.408 e. The first-order valence-electron chi connectivity index (χ1n) is 9.49. The summed E-state index contributed by atoms with van der Waals surface area (Å²) in [6.07, 6.45) is -0.960. The summed E-state index contributed by atoms with van der Waals surface area (Å²) in [5.74, 6) is -2.46. The van der Waals surface area contributed by atoms with Crippen LogP contribution >= 0.6 is 11.3 Å². The lowest BCUT2D eigenvalue weighted by Gasteiger charge is -2.32. The minimum absolute atomic E-state index is 0.0358. The second kappa shape index (κ2) is 9.38. The summed E-state index contributed by atoms with van der Waals surface area (Å²) in [5, 5.41) is 3.98. The molecule has 8 heteroatoms. The van der Waals surface area contributed by atoms with Crippen LogP contribution in [0.3, 0.4) is 0 Å². The Bertz CT molecular complexity index is 889. The Kier molecular flexibility index (Phi) is 7.36. The number of esters is 1. The number of ether oxygens (including phenoxy) is 2. The molecular weight excluding hydrogens is 409 g/mol. The third-order valence-electron chi connectivity index (χ3n) is 4.12. The Labute approximate surface area is 179 Å². The summed E-state index contributed by atoms with van der Waals surface area (Å²) in [7, 11) is 0. The van der Waals surface area contributed by atoms with Gasteiger partial charge in [-0.05, 0) is 51.6 Å². The number of carbonyl (C=O) groups is 3. The zero-order valence-electron chi connectivity index (χ0n) is 17.7. The summed E-state index contributed by atoms with van der Waals surface area (Å²) >= 11 is 0.996. The average Bonchev–Trinajstić information content (AvgIpc) is 3.19. The van der Waals surface area contributed by atoms with Crippen molar-refractivity contribution in [1.82, 2.24) is 5.32 Å². The van der Waals surface area contributed by atoms with Crippen LogP contribution in [-0.2, 0) is 14.3 Å². The first-order chi connectivity index (χ1) is 14.0. The van der Waals surface area contributed by atoms with Gasteiger partial charge in [-0.2, -0.15) is 0 Å². The molecule has 1 amide bonds. The summed E-state index contributed by atoms with van der Waals surface area (Å²) in [4.78, 5) is 38.4. The molecule has 0 unspecified atom stereocenters. The summed E-state index contributed by atoms with van der Waals surface area (Å²) in [6, 6.07) is 7.83. The standard InChI is InChI=1S/C22H26FNO5S/c1-6-28-19(26)22(23,18(25)16-8-7-13-30-16)17(15-11-9-14(2)10-12-15)24-20(27)29-21(3,4)5/h7-13,17H,6H2,1-5H3,(H,24,27)/t17-,22+/m0/s1. The van der Waals surface area contributed by atoms with Gasteiger partial charge in [0.25, 0.3) is 5.67 Å². The number of amides is 1. The lowest BCUT2D eigenvalue weighted by Crippen LogP contribution is -2.55. The highest BCUT2D eigenvalue weighted by Crippen LogP contribution is 2.36. The minimum Gasteiger partial charge on any atom is -0.463 e. The Hall–Kier alpha value is -2.74. The number of rotatable bonds is 7. The van der Waals surface area contributed by atoms with E-state index in [-0.39, 0.29) is 17.0 Å². The van der Waals surface area contributed by atoms with Crippen molar-refractivity contribution in [3.63, 3.8) is 0 Å². The van der Waals surface area contributed by atoms with E-state index in [1.165, 1.54) is 13.0 Å². The SMILES string of the molecule is CCOC(=O)[C@](F)(C(=O)c1cccs1)[C@@H](NC(=O)OC(C)(C)C)c1ccc(C)cc1. The third-order valence-corrected chi connectivity index (χ3v) is 4.99. The van der Waals surface area contributed by atoms with Crippen LogP contribution < -0.4 is 5.32 Å².